The molecule has 1 amide bonds. The summed E-state index contributed by atoms with van der Waals surface area (Å²) in [5.74, 6) is 0.171. The van der Waals surface area contributed by atoms with Crippen molar-refractivity contribution in [2.75, 3.05) is 13.2 Å². The molecule has 0 fully saturated rings. The van der Waals surface area contributed by atoms with Crippen molar-refractivity contribution in [1.82, 2.24) is 20.7 Å². The quantitative estimate of drug-likeness (QED) is 0.680. The molecule has 0 saturated carbocycles. The molecule has 102 valence electrons. The summed E-state index contributed by atoms with van der Waals surface area (Å²) < 4.78 is 0. The van der Waals surface area contributed by atoms with Crippen molar-refractivity contribution < 1.29 is 9.90 Å². The zero-order chi connectivity index (χ0) is 13.7. The zero-order valence-corrected chi connectivity index (χ0v) is 10.9. The molecule has 0 saturated heterocycles. The molecule has 1 aromatic heterocycles. The maximum atomic E-state index is 11.9. The van der Waals surface area contributed by atoms with Crippen molar-refractivity contribution in [1.29, 1.82) is 0 Å². The predicted octanol–water partition coefficient (Wildman–Crippen LogP) is 1.10. The fourth-order valence-electron chi connectivity index (χ4n) is 1.83. The summed E-state index contributed by atoms with van der Waals surface area (Å²) in [6.07, 6.45) is 1.76. The van der Waals surface area contributed by atoms with E-state index in [2.05, 4.69) is 20.7 Å². The van der Waals surface area contributed by atoms with Gasteiger partial charge in [0.2, 0.25) is 0 Å². The highest BCUT2D eigenvalue weighted by Gasteiger charge is 2.07. The minimum atomic E-state index is -0.110. The van der Waals surface area contributed by atoms with Gasteiger partial charge in [-0.3, -0.25) is 4.79 Å². The second-order valence-electron chi connectivity index (χ2n) is 4.71. The summed E-state index contributed by atoms with van der Waals surface area (Å²) >= 11 is 0. The Bertz CT molecular complexity index is 552. The van der Waals surface area contributed by atoms with Gasteiger partial charge in [0.05, 0.1) is 0 Å². The van der Waals surface area contributed by atoms with Crippen LogP contribution in [0.1, 0.15) is 30.1 Å². The highest BCUT2D eigenvalue weighted by atomic mass is 16.3. The Labute approximate surface area is 111 Å². The lowest BCUT2D eigenvalue weighted by molar-refractivity contribution is 0.0952. The van der Waals surface area contributed by atoms with Gasteiger partial charge in [0.25, 0.3) is 5.91 Å². The molecule has 1 unspecified atom stereocenters. The van der Waals surface area contributed by atoms with Gasteiger partial charge in [0, 0.05) is 18.7 Å². The van der Waals surface area contributed by atoms with Crippen molar-refractivity contribution in [3.63, 3.8) is 0 Å². The van der Waals surface area contributed by atoms with Crippen molar-refractivity contribution in [3.8, 4) is 0 Å². The second kappa shape index (κ2) is 6.29. The first-order valence-corrected chi connectivity index (χ1v) is 6.40. The molecule has 6 nitrogen and oxygen atoms in total. The molecule has 0 aliphatic heterocycles. The smallest absolute Gasteiger partial charge is 0.251 e. The van der Waals surface area contributed by atoms with Gasteiger partial charge in [-0.1, -0.05) is 6.92 Å². The topological polar surface area (TPSA) is 90.9 Å². The van der Waals surface area contributed by atoms with Gasteiger partial charge in [0.15, 0.2) is 0 Å². The number of amides is 1. The number of aromatic nitrogens is 3. The Hall–Kier alpha value is -1.95. The van der Waals surface area contributed by atoms with E-state index in [0.29, 0.717) is 17.6 Å². The van der Waals surface area contributed by atoms with Gasteiger partial charge in [-0.25, -0.2) is 0 Å². The zero-order valence-electron chi connectivity index (χ0n) is 10.9. The standard InChI is InChI=1S/C13H18N4O2/c1-9(8-18)3-2-6-14-13(19)10-4-5-11-12(7-10)16-17-15-11/h4-5,7,9,18H,2-3,6,8H2,1H3,(H,14,19)(H,15,16,17). The van der Waals surface area contributed by atoms with E-state index in [0.717, 1.165) is 18.4 Å². The largest absolute Gasteiger partial charge is 0.396 e. The summed E-state index contributed by atoms with van der Waals surface area (Å²) in [6.45, 7) is 2.79. The van der Waals surface area contributed by atoms with E-state index in [1.807, 2.05) is 6.92 Å². The number of fused-ring (bicyclic) bond motifs is 1. The number of aliphatic hydroxyl groups excluding tert-OH is 1. The Morgan fingerprint density at radius 2 is 2.21 bits per heavy atom. The van der Waals surface area contributed by atoms with Crippen LogP contribution in [0.4, 0.5) is 0 Å². The molecule has 0 spiro atoms. The van der Waals surface area contributed by atoms with Gasteiger partial charge in [-0.2, -0.15) is 15.4 Å². The number of H-pyrrole nitrogens is 1. The minimum absolute atomic E-state index is 0.110. The summed E-state index contributed by atoms with van der Waals surface area (Å²) in [5.41, 5.74) is 2.01. The van der Waals surface area contributed by atoms with Crippen LogP contribution in [-0.4, -0.2) is 39.6 Å². The van der Waals surface area contributed by atoms with Crippen molar-refractivity contribution in [3.05, 3.63) is 23.8 Å². The molecule has 0 aliphatic rings. The number of rotatable bonds is 6. The van der Waals surface area contributed by atoms with Crippen LogP contribution in [0.15, 0.2) is 18.2 Å². The average molecular weight is 262 g/mol. The van der Waals surface area contributed by atoms with Crippen molar-refractivity contribution >= 4 is 16.9 Å². The van der Waals surface area contributed by atoms with Crippen LogP contribution in [0.2, 0.25) is 0 Å². The maximum absolute atomic E-state index is 11.9. The lowest BCUT2D eigenvalue weighted by Crippen LogP contribution is -2.24. The van der Waals surface area contributed by atoms with Gasteiger partial charge in [0.1, 0.15) is 11.0 Å². The van der Waals surface area contributed by atoms with Crippen LogP contribution in [0.25, 0.3) is 11.0 Å². The highest BCUT2D eigenvalue weighted by Crippen LogP contribution is 2.10. The number of aromatic amines is 1. The SMILES string of the molecule is CC(CO)CCCNC(=O)c1ccc2n[nH]nc2c1. The molecular weight excluding hydrogens is 244 g/mol. The molecule has 0 aliphatic carbocycles. The van der Waals surface area contributed by atoms with Crippen LogP contribution < -0.4 is 5.32 Å². The predicted molar refractivity (Wildman–Crippen MR) is 71.7 cm³/mol. The second-order valence-corrected chi connectivity index (χ2v) is 4.71. The third kappa shape index (κ3) is 3.51. The van der Waals surface area contributed by atoms with Crippen molar-refractivity contribution in [2.24, 2.45) is 5.92 Å². The number of benzene rings is 1. The number of carbonyl (C=O) groups excluding carboxylic acids is 1. The summed E-state index contributed by atoms with van der Waals surface area (Å²) in [7, 11) is 0. The third-order valence-electron chi connectivity index (χ3n) is 3.05. The summed E-state index contributed by atoms with van der Waals surface area (Å²) in [4.78, 5) is 11.9. The maximum Gasteiger partial charge on any atom is 0.251 e. The van der Waals surface area contributed by atoms with E-state index >= 15 is 0 Å². The molecule has 6 heteroatoms. The highest BCUT2D eigenvalue weighted by molar-refractivity contribution is 5.97. The monoisotopic (exact) mass is 262 g/mol. The summed E-state index contributed by atoms with van der Waals surface area (Å²) in [6, 6.07) is 5.21. The number of nitrogens with one attached hydrogen (secondary N) is 2. The van der Waals surface area contributed by atoms with Gasteiger partial charge < -0.3 is 10.4 Å². The molecule has 1 heterocycles. The Kier molecular flexibility index (Phi) is 4.46. The Balaban J connectivity index is 1.85. The van der Waals surface area contributed by atoms with Crippen LogP contribution >= 0.6 is 0 Å². The fourth-order valence-corrected chi connectivity index (χ4v) is 1.83. The van der Waals surface area contributed by atoms with E-state index in [1.165, 1.54) is 0 Å². The fraction of sp³-hybridized carbons (Fsp3) is 0.462. The van der Waals surface area contributed by atoms with E-state index in [9.17, 15) is 4.79 Å². The number of hydrogen-bond acceptors (Lipinski definition) is 4. The van der Waals surface area contributed by atoms with E-state index in [-0.39, 0.29) is 18.4 Å². The molecule has 0 bridgehead atoms. The first-order valence-electron chi connectivity index (χ1n) is 6.40. The number of nitrogens with zero attached hydrogens (tertiary/aromatic N) is 2. The van der Waals surface area contributed by atoms with Gasteiger partial charge >= 0.3 is 0 Å². The average Bonchev–Trinajstić information content (AvgIpc) is 2.90. The molecule has 2 aromatic rings. The molecule has 3 N–H and O–H groups in total. The van der Waals surface area contributed by atoms with E-state index in [4.69, 9.17) is 5.11 Å². The van der Waals surface area contributed by atoms with Crippen LogP contribution in [0.3, 0.4) is 0 Å². The minimum Gasteiger partial charge on any atom is -0.396 e. The number of aliphatic hydroxyl groups is 1. The van der Waals surface area contributed by atoms with Crippen LogP contribution in [-0.2, 0) is 0 Å². The Morgan fingerprint density at radius 1 is 1.42 bits per heavy atom. The lowest BCUT2D eigenvalue weighted by Gasteiger charge is -2.08. The molecule has 1 atom stereocenters. The van der Waals surface area contributed by atoms with Gasteiger partial charge in [-0.05, 0) is 37.0 Å². The van der Waals surface area contributed by atoms with Crippen LogP contribution in [0, 0.1) is 5.92 Å². The van der Waals surface area contributed by atoms with E-state index < -0.39 is 0 Å². The molecular formula is C13H18N4O2. The summed E-state index contributed by atoms with van der Waals surface area (Å²) in [5, 5.41) is 22.2. The molecule has 19 heavy (non-hydrogen) atoms. The van der Waals surface area contributed by atoms with Gasteiger partial charge in [-0.15, -0.1) is 0 Å². The number of hydrogen-bond donors (Lipinski definition) is 3. The van der Waals surface area contributed by atoms with Crippen molar-refractivity contribution in [2.45, 2.75) is 19.8 Å². The first kappa shape index (κ1) is 13.5. The Morgan fingerprint density at radius 3 is 3.00 bits per heavy atom. The number of carbonyl (C=O) groups is 1. The van der Waals surface area contributed by atoms with E-state index in [1.54, 1.807) is 18.2 Å². The molecule has 0 radical (unpaired) electrons. The third-order valence-corrected chi connectivity index (χ3v) is 3.05. The first-order chi connectivity index (χ1) is 9.20. The lowest BCUT2D eigenvalue weighted by atomic mass is 10.1. The molecule has 2 rings (SSSR count). The normalized spacial score (nSPS) is 12.5. The molecule has 1 aromatic carbocycles. The van der Waals surface area contributed by atoms with Crippen LogP contribution in [0.5, 0.6) is 0 Å².